The van der Waals surface area contributed by atoms with Crippen molar-refractivity contribution in [2.45, 2.75) is 55.8 Å². The van der Waals surface area contributed by atoms with Crippen LogP contribution in [0.2, 0.25) is 0 Å². The number of hydrogen-bond donors (Lipinski definition) is 9. The molecule has 5 rings (SSSR count). The van der Waals surface area contributed by atoms with Gasteiger partial charge in [-0.05, 0) is 41.8 Å². The van der Waals surface area contributed by atoms with Gasteiger partial charge in [-0.1, -0.05) is 30.4 Å². The topological polar surface area (TPSA) is 210 Å². The molecule has 224 valence electrons. The van der Waals surface area contributed by atoms with Crippen molar-refractivity contribution >= 4 is 6.08 Å². The number of fused-ring (bicyclic) bond motifs is 1. The Morgan fingerprint density at radius 3 is 2.29 bits per heavy atom. The van der Waals surface area contributed by atoms with Crippen molar-refractivity contribution in [2.24, 2.45) is 0 Å². The minimum Gasteiger partial charge on any atom is -0.508 e. The van der Waals surface area contributed by atoms with E-state index in [4.69, 9.17) is 14.2 Å². The molecule has 0 saturated carbocycles. The highest BCUT2D eigenvalue weighted by molar-refractivity contribution is 5.60. The van der Waals surface area contributed by atoms with Gasteiger partial charge in [0.1, 0.15) is 53.5 Å². The van der Waals surface area contributed by atoms with Gasteiger partial charge >= 0.3 is 0 Å². The molecule has 0 spiro atoms. The van der Waals surface area contributed by atoms with Crippen LogP contribution in [-0.2, 0) is 17.6 Å². The zero-order chi connectivity index (χ0) is 30.1. The largest absolute Gasteiger partial charge is 0.508 e. The predicted octanol–water partition coefficient (Wildman–Crippen LogP) is 0.981. The summed E-state index contributed by atoms with van der Waals surface area (Å²) < 4.78 is 17.4. The highest BCUT2D eigenvalue weighted by Gasteiger charge is 2.45. The van der Waals surface area contributed by atoms with Crippen LogP contribution in [-0.4, -0.2) is 89.4 Å². The summed E-state index contributed by atoms with van der Waals surface area (Å²) in [4.78, 5) is 0. The Kier molecular flexibility index (Phi) is 8.45. The van der Waals surface area contributed by atoms with E-state index in [1.165, 1.54) is 36.4 Å². The molecule has 0 bridgehead atoms. The lowest BCUT2D eigenvalue weighted by molar-refractivity contribution is -0.277. The Bertz CT molecular complexity index is 1440. The fourth-order valence-corrected chi connectivity index (χ4v) is 5.04. The Balaban J connectivity index is 1.51. The molecule has 2 aliphatic heterocycles. The predicted molar refractivity (Wildman–Crippen MR) is 146 cm³/mol. The summed E-state index contributed by atoms with van der Waals surface area (Å²) in [7, 11) is 0. The molecule has 9 N–H and O–H groups in total. The Hall–Kier alpha value is -4.04. The van der Waals surface area contributed by atoms with E-state index in [0.29, 0.717) is 5.56 Å². The number of rotatable bonds is 7. The molecular formula is C30H32O12. The van der Waals surface area contributed by atoms with Gasteiger partial charge in [0.2, 0.25) is 6.29 Å². The first-order valence-electron chi connectivity index (χ1n) is 13.2. The minimum atomic E-state index is -1.71. The molecule has 1 saturated heterocycles. The van der Waals surface area contributed by atoms with Crippen molar-refractivity contribution < 1.29 is 60.2 Å². The first-order chi connectivity index (χ1) is 20.1. The van der Waals surface area contributed by atoms with E-state index in [-0.39, 0.29) is 52.7 Å². The van der Waals surface area contributed by atoms with Crippen molar-refractivity contribution in [3.8, 4) is 34.5 Å². The third-order valence-corrected chi connectivity index (χ3v) is 7.39. The molecule has 2 aliphatic rings. The molecule has 7 atom stereocenters. The van der Waals surface area contributed by atoms with E-state index in [1.54, 1.807) is 24.3 Å². The summed E-state index contributed by atoms with van der Waals surface area (Å²) in [5, 5.41) is 91.9. The lowest BCUT2D eigenvalue weighted by Crippen LogP contribution is -2.60. The zero-order valence-electron chi connectivity index (χ0n) is 22.2. The van der Waals surface area contributed by atoms with Crippen LogP contribution < -0.4 is 9.47 Å². The standard InChI is InChI=1S/C30H32O12/c31-13-24-26(37)27(38)28(39)30(42-24)41-22-12-23-18(11-21(35)29(40-23)15-6-9-19(33)20(34)10-15)25(36)17(22)3-1-2-14-4-7-16(32)8-5-14/h1-2,4-10,12,21,24,26-39H,3,11,13H2/t21-,24+,26-,27-,28+,29-,30-/m0/s1. The number of aliphatic hydroxyl groups is 5. The smallest absolute Gasteiger partial charge is 0.229 e. The molecule has 2 heterocycles. The van der Waals surface area contributed by atoms with E-state index in [9.17, 15) is 46.0 Å². The third kappa shape index (κ3) is 5.81. The fourth-order valence-electron chi connectivity index (χ4n) is 5.04. The number of ether oxygens (including phenoxy) is 3. The van der Waals surface area contributed by atoms with Crippen molar-refractivity contribution in [3.05, 3.63) is 76.9 Å². The number of phenols is 4. The molecule has 12 nitrogen and oxygen atoms in total. The molecule has 12 heteroatoms. The van der Waals surface area contributed by atoms with Crippen molar-refractivity contribution in [1.29, 1.82) is 0 Å². The van der Waals surface area contributed by atoms with E-state index in [0.717, 1.165) is 5.56 Å². The van der Waals surface area contributed by atoms with Gasteiger partial charge in [-0.25, -0.2) is 0 Å². The number of benzene rings is 3. The normalized spacial score (nSPS) is 27.4. The Morgan fingerprint density at radius 1 is 0.857 bits per heavy atom. The van der Waals surface area contributed by atoms with E-state index >= 15 is 0 Å². The van der Waals surface area contributed by atoms with Crippen LogP contribution in [0, 0.1) is 0 Å². The maximum Gasteiger partial charge on any atom is 0.229 e. The summed E-state index contributed by atoms with van der Waals surface area (Å²) in [5.74, 6) is -0.778. The van der Waals surface area contributed by atoms with E-state index in [2.05, 4.69) is 0 Å². The summed E-state index contributed by atoms with van der Waals surface area (Å²) in [6, 6.07) is 11.8. The fraction of sp³-hybridized carbons (Fsp3) is 0.333. The second kappa shape index (κ2) is 12.1. The van der Waals surface area contributed by atoms with Gasteiger partial charge in [0, 0.05) is 23.6 Å². The van der Waals surface area contributed by atoms with Crippen LogP contribution in [0.15, 0.2) is 54.6 Å². The quantitative estimate of drug-likeness (QED) is 0.178. The maximum atomic E-state index is 11.3. The number of allylic oxidation sites excluding steroid dienone is 1. The lowest BCUT2D eigenvalue weighted by atomic mass is 9.91. The molecule has 0 aliphatic carbocycles. The molecule has 0 aromatic heterocycles. The average molecular weight is 585 g/mol. The highest BCUT2D eigenvalue weighted by atomic mass is 16.7. The SMILES string of the molecule is OC[C@H]1O[C@H](Oc2cc3c(c(O)c2CC=Cc2ccc(O)cc2)C[C@H](O)[C@H](c2ccc(O)c(O)c2)O3)[C@H](O)[C@@H](O)[C@H]1O. The van der Waals surface area contributed by atoms with Gasteiger partial charge in [-0.3, -0.25) is 0 Å². The number of phenolic OH excluding ortho intramolecular Hbond substituents is 4. The Morgan fingerprint density at radius 2 is 1.60 bits per heavy atom. The maximum absolute atomic E-state index is 11.3. The zero-order valence-corrected chi connectivity index (χ0v) is 22.2. The monoisotopic (exact) mass is 584 g/mol. The molecule has 3 aromatic rings. The van der Waals surface area contributed by atoms with Crippen LogP contribution in [0.1, 0.15) is 28.4 Å². The number of hydrogen-bond acceptors (Lipinski definition) is 12. The molecule has 0 unspecified atom stereocenters. The lowest BCUT2D eigenvalue weighted by Gasteiger charge is -2.40. The minimum absolute atomic E-state index is 0.00497. The summed E-state index contributed by atoms with van der Waals surface area (Å²) in [5.41, 5.74) is 1.63. The summed E-state index contributed by atoms with van der Waals surface area (Å²) in [6.07, 6.45) is -6.37. The average Bonchev–Trinajstić information content (AvgIpc) is 2.97. The summed E-state index contributed by atoms with van der Waals surface area (Å²) >= 11 is 0. The first kappa shape index (κ1) is 29.5. The molecule has 1 fully saturated rings. The van der Waals surface area contributed by atoms with Gasteiger partial charge in [-0.15, -0.1) is 0 Å². The van der Waals surface area contributed by atoms with Gasteiger partial charge in [0.05, 0.1) is 12.7 Å². The molecular weight excluding hydrogens is 552 g/mol. The molecule has 0 radical (unpaired) electrons. The van der Waals surface area contributed by atoms with Crippen molar-refractivity contribution in [3.63, 3.8) is 0 Å². The molecule has 42 heavy (non-hydrogen) atoms. The second-order valence-electron chi connectivity index (χ2n) is 10.2. The van der Waals surface area contributed by atoms with Crippen molar-refractivity contribution in [1.82, 2.24) is 0 Å². The molecule has 3 aromatic carbocycles. The summed E-state index contributed by atoms with van der Waals surface area (Å²) in [6.45, 7) is -0.662. The Labute approximate surface area is 240 Å². The van der Waals surface area contributed by atoms with Gasteiger partial charge in [0.15, 0.2) is 11.5 Å². The van der Waals surface area contributed by atoms with Gasteiger partial charge in [-0.2, -0.15) is 0 Å². The van der Waals surface area contributed by atoms with Gasteiger partial charge in [0.25, 0.3) is 0 Å². The van der Waals surface area contributed by atoms with E-state index in [1.807, 2.05) is 0 Å². The third-order valence-electron chi connectivity index (χ3n) is 7.39. The van der Waals surface area contributed by atoms with Crippen molar-refractivity contribution in [2.75, 3.05) is 6.61 Å². The highest BCUT2D eigenvalue weighted by Crippen LogP contribution is 2.46. The number of aliphatic hydroxyl groups excluding tert-OH is 5. The van der Waals surface area contributed by atoms with Crippen LogP contribution in [0.25, 0.3) is 6.08 Å². The van der Waals surface area contributed by atoms with Crippen LogP contribution in [0.4, 0.5) is 0 Å². The van der Waals surface area contributed by atoms with Crippen LogP contribution in [0.3, 0.4) is 0 Å². The second-order valence-corrected chi connectivity index (χ2v) is 10.2. The first-order valence-corrected chi connectivity index (χ1v) is 13.2. The van der Waals surface area contributed by atoms with Gasteiger partial charge < -0.3 is 60.2 Å². The van der Waals surface area contributed by atoms with Crippen LogP contribution in [0.5, 0.6) is 34.5 Å². The van der Waals surface area contributed by atoms with Crippen LogP contribution >= 0.6 is 0 Å². The number of aromatic hydroxyl groups is 4. The van der Waals surface area contributed by atoms with E-state index < -0.39 is 55.3 Å². The molecule has 0 amide bonds.